The normalized spacial score (nSPS) is 16.4. The number of nitrogens with zero attached hydrogens (tertiary/aromatic N) is 4. The predicted octanol–water partition coefficient (Wildman–Crippen LogP) is 7.06. The highest BCUT2D eigenvalue weighted by molar-refractivity contribution is 5.89. The molecule has 3 aromatic rings. The molecule has 0 aliphatic carbocycles. The van der Waals surface area contributed by atoms with E-state index < -0.39 is 66.1 Å². The second-order valence-corrected chi connectivity index (χ2v) is 13.8. The van der Waals surface area contributed by atoms with E-state index in [1.54, 1.807) is 6.92 Å². The molecule has 60 heavy (non-hydrogen) atoms. The summed E-state index contributed by atoms with van der Waals surface area (Å²) in [4.78, 5) is 46.9. The number of anilines is 1. The highest BCUT2D eigenvalue weighted by atomic mass is 19.4. The first-order valence-corrected chi connectivity index (χ1v) is 19.0. The largest absolute Gasteiger partial charge is 0.488 e. The Hall–Kier alpha value is -5.28. The molecule has 1 amide bonds. The molecule has 15 nitrogen and oxygen atoms in total. The monoisotopic (exact) mass is 861 g/mol. The number of aromatic nitrogens is 3. The van der Waals surface area contributed by atoms with Crippen LogP contribution in [-0.4, -0.2) is 92.6 Å². The second kappa shape index (κ2) is 22.4. The minimum Gasteiger partial charge on any atom is -0.488 e. The van der Waals surface area contributed by atoms with Crippen molar-refractivity contribution in [2.45, 2.75) is 101 Å². The molecule has 0 spiro atoms. The van der Waals surface area contributed by atoms with Crippen molar-refractivity contribution in [1.29, 1.82) is 0 Å². The van der Waals surface area contributed by atoms with Gasteiger partial charge in [-0.2, -0.15) is 26.3 Å². The Balaban J connectivity index is 0.000000477. The number of aliphatic hydroxyl groups excluding tert-OH is 1. The van der Waals surface area contributed by atoms with Gasteiger partial charge in [-0.15, -0.1) is 0 Å². The Morgan fingerprint density at radius 3 is 1.93 bits per heavy atom. The number of amides is 1. The summed E-state index contributed by atoms with van der Waals surface area (Å²) >= 11 is 0. The number of ether oxygens (including phenoxy) is 3. The maximum atomic E-state index is 13.5. The Morgan fingerprint density at radius 2 is 1.45 bits per heavy atom. The van der Waals surface area contributed by atoms with Gasteiger partial charge in [0.15, 0.2) is 5.75 Å². The van der Waals surface area contributed by atoms with Crippen LogP contribution in [0.4, 0.5) is 36.8 Å². The molecular formula is C39H49F6N5O10. The molecule has 1 aromatic carbocycles. The molecule has 3 heterocycles. The molecule has 0 fully saturated rings. The number of benzene rings is 1. The number of nitrogens with two attached hydrogens (primary N) is 1. The molecule has 0 radical (unpaired) electrons. The lowest BCUT2D eigenvalue weighted by atomic mass is 9.80. The number of hydrogen-bond donors (Lipinski definition) is 5. The third-order valence-electron chi connectivity index (χ3n) is 9.44. The van der Waals surface area contributed by atoms with Crippen LogP contribution in [0.1, 0.15) is 105 Å². The lowest BCUT2D eigenvalue weighted by Crippen LogP contribution is -2.64. The number of fused-ring (bicyclic) bond motifs is 1. The van der Waals surface area contributed by atoms with Gasteiger partial charge in [-0.1, -0.05) is 19.8 Å². The number of rotatable bonds is 20. The van der Waals surface area contributed by atoms with Crippen LogP contribution in [-0.2, 0) is 39.5 Å². The highest BCUT2D eigenvalue weighted by Crippen LogP contribution is 2.44. The summed E-state index contributed by atoms with van der Waals surface area (Å²) in [7, 11) is 1.38. The van der Waals surface area contributed by atoms with Gasteiger partial charge in [0.05, 0.1) is 54.0 Å². The van der Waals surface area contributed by atoms with Crippen LogP contribution in [0, 0.1) is 0 Å². The van der Waals surface area contributed by atoms with Crippen LogP contribution in [0.25, 0.3) is 0 Å². The van der Waals surface area contributed by atoms with E-state index in [0.29, 0.717) is 43.9 Å². The minimum absolute atomic E-state index is 0.0172. The van der Waals surface area contributed by atoms with Crippen molar-refractivity contribution in [2.24, 2.45) is 5.73 Å². The smallest absolute Gasteiger partial charge is 0.416 e. The number of pyridine rings is 1. The van der Waals surface area contributed by atoms with Crippen molar-refractivity contribution in [1.82, 2.24) is 15.0 Å². The molecule has 2 aromatic heterocycles. The van der Waals surface area contributed by atoms with Gasteiger partial charge in [0.1, 0.15) is 18.1 Å². The third-order valence-corrected chi connectivity index (χ3v) is 9.44. The fourth-order valence-corrected chi connectivity index (χ4v) is 6.42. The molecule has 0 bridgehead atoms. The average molecular weight is 862 g/mol. The minimum atomic E-state index is -5.06. The molecular weight excluding hydrogens is 812 g/mol. The number of carbonyl (C=O) groups is 3. The molecule has 1 aliphatic heterocycles. The second-order valence-electron chi connectivity index (χ2n) is 13.8. The van der Waals surface area contributed by atoms with E-state index in [1.807, 2.05) is 0 Å². The zero-order valence-corrected chi connectivity index (χ0v) is 33.0. The number of methoxy groups -OCH3 is 1. The number of carboxylic acid groups (broad SMARTS) is 3. The quantitative estimate of drug-likeness (QED) is 0.0566. The van der Waals surface area contributed by atoms with Gasteiger partial charge in [0, 0.05) is 45.0 Å². The van der Waals surface area contributed by atoms with E-state index in [9.17, 15) is 50.9 Å². The predicted molar refractivity (Wildman–Crippen MR) is 202 cm³/mol. The van der Waals surface area contributed by atoms with Crippen LogP contribution in [0.15, 0.2) is 36.5 Å². The molecule has 1 aliphatic rings. The summed E-state index contributed by atoms with van der Waals surface area (Å²) in [5.74, 6) is -2.40. The van der Waals surface area contributed by atoms with E-state index in [2.05, 4.69) is 15.0 Å². The first kappa shape index (κ1) is 49.1. The fourth-order valence-electron chi connectivity index (χ4n) is 6.42. The summed E-state index contributed by atoms with van der Waals surface area (Å²) in [6.07, 6.45) is -5.40. The van der Waals surface area contributed by atoms with E-state index in [4.69, 9.17) is 30.2 Å². The summed E-state index contributed by atoms with van der Waals surface area (Å²) in [6, 6.07) is 4.13. The van der Waals surface area contributed by atoms with Gasteiger partial charge in [0.2, 0.25) is 5.88 Å². The van der Waals surface area contributed by atoms with Gasteiger partial charge in [-0.25, -0.2) is 19.7 Å². The maximum absolute atomic E-state index is 13.5. The zero-order chi connectivity index (χ0) is 44.7. The lowest BCUT2D eigenvalue weighted by Gasteiger charge is -2.47. The van der Waals surface area contributed by atoms with Crippen molar-refractivity contribution >= 4 is 23.7 Å². The Bertz CT molecular complexity index is 1850. The number of aliphatic hydroxyl groups is 1. The van der Waals surface area contributed by atoms with E-state index >= 15 is 0 Å². The molecule has 6 N–H and O–H groups in total. The van der Waals surface area contributed by atoms with Gasteiger partial charge >= 0.3 is 30.4 Å². The molecule has 0 saturated carbocycles. The summed E-state index contributed by atoms with van der Waals surface area (Å²) in [5.41, 5.74) is 2.11. The first-order chi connectivity index (χ1) is 28.2. The van der Waals surface area contributed by atoms with Crippen molar-refractivity contribution in [3.63, 3.8) is 0 Å². The summed E-state index contributed by atoms with van der Waals surface area (Å²) in [5, 5.41) is 36.2. The van der Waals surface area contributed by atoms with Crippen LogP contribution >= 0.6 is 0 Å². The fraction of sp³-hybridized carbons (Fsp3) is 0.538. The van der Waals surface area contributed by atoms with E-state index in [1.165, 1.54) is 19.2 Å². The van der Waals surface area contributed by atoms with Gasteiger partial charge in [-0.05, 0) is 61.9 Å². The van der Waals surface area contributed by atoms with E-state index in [-0.39, 0.29) is 72.8 Å². The number of halogens is 6. The van der Waals surface area contributed by atoms with Crippen LogP contribution in [0.2, 0.25) is 0 Å². The maximum Gasteiger partial charge on any atom is 0.416 e. The average Bonchev–Trinajstić information content (AvgIpc) is 3.18. The standard InChI is InChI=1S/C27H27F6N5O5.C12H22O5/c1-3-25(34)17(12-18-20(38(25)24(40)41)4-5-22(36-18)42-2)23-35-13-21(43-7-6-39)19(37-23)10-14-8-15(26(28,29)30)11-16(9-14)27(31,32)33;13-11(14)7-3-1-5-9-17-10-6-2-4-8-12(15)16/h4-5,8-9,11,13,17,39H,3,6-7,10,12,34H2,1-2H3,(H,40,41);1-10H2,(H,13,14)(H,15,16). The Kier molecular flexibility index (Phi) is 18.3. The number of carboxylic acids is 2. The number of unbranched alkanes of at least 4 members (excludes halogenated alkanes) is 4. The number of aliphatic carboxylic acids is 2. The lowest BCUT2D eigenvalue weighted by molar-refractivity contribution is -0.143. The Labute approximate surface area is 341 Å². The van der Waals surface area contributed by atoms with Crippen LogP contribution < -0.4 is 20.1 Å². The zero-order valence-electron chi connectivity index (χ0n) is 33.0. The van der Waals surface area contributed by atoms with E-state index in [0.717, 1.165) is 36.8 Å². The van der Waals surface area contributed by atoms with Crippen molar-refractivity contribution in [2.75, 3.05) is 38.4 Å². The number of alkyl halides is 6. The Morgan fingerprint density at radius 1 is 0.867 bits per heavy atom. The molecule has 332 valence electrons. The molecule has 2 atom stereocenters. The van der Waals surface area contributed by atoms with Gasteiger partial charge in [-0.3, -0.25) is 14.5 Å². The third kappa shape index (κ3) is 14.2. The molecule has 4 rings (SSSR count). The van der Waals surface area contributed by atoms with Crippen LogP contribution in [0.3, 0.4) is 0 Å². The number of hydrogen-bond acceptors (Lipinski definition) is 11. The molecule has 2 unspecified atom stereocenters. The first-order valence-electron chi connectivity index (χ1n) is 19.0. The highest BCUT2D eigenvalue weighted by Gasteiger charge is 2.50. The van der Waals surface area contributed by atoms with Crippen molar-refractivity contribution in [3.05, 3.63) is 70.4 Å². The SMILES string of the molecule is CCC1(N)C(c2ncc(OCCO)c(Cc3cc(C(F)(F)F)cc(C(F)(F)F)c3)n2)Cc2nc(OC)ccc2N1C(=O)O.O=C(O)CCCCCOCCCCCC(=O)O. The van der Waals surface area contributed by atoms with Gasteiger partial charge < -0.3 is 40.4 Å². The molecule has 0 saturated heterocycles. The van der Waals surface area contributed by atoms with Crippen molar-refractivity contribution in [3.8, 4) is 11.6 Å². The van der Waals surface area contributed by atoms with Crippen LogP contribution in [0.5, 0.6) is 11.6 Å². The molecule has 21 heteroatoms. The summed E-state index contributed by atoms with van der Waals surface area (Å²) in [6.45, 7) is 2.25. The van der Waals surface area contributed by atoms with Crippen molar-refractivity contribution < 1.29 is 75.4 Å². The summed E-state index contributed by atoms with van der Waals surface area (Å²) < 4.78 is 97.0. The van der Waals surface area contributed by atoms with Gasteiger partial charge in [0.25, 0.3) is 0 Å². The topological polar surface area (TPSA) is 228 Å².